The van der Waals surface area contributed by atoms with Crippen molar-refractivity contribution >= 4 is 22.2 Å². The van der Waals surface area contributed by atoms with Gasteiger partial charge in [-0.05, 0) is 17.5 Å². The summed E-state index contributed by atoms with van der Waals surface area (Å²) in [7, 11) is 0. The Bertz CT molecular complexity index is 740. The molecular weight excluding hydrogens is 212 g/mol. The van der Waals surface area contributed by atoms with Gasteiger partial charge in [0.05, 0.1) is 11.6 Å². The third-order valence-corrected chi connectivity index (χ3v) is 3.18. The van der Waals surface area contributed by atoms with E-state index >= 15 is 0 Å². The highest BCUT2D eigenvalue weighted by atomic mass is 16.1. The Morgan fingerprint density at radius 1 is 1.24 bits per heavy atom. The number of imidazole rings is 1. The molecule has 0 amide bonds. The maximum Gasteiger partial charge on any atom is 0.292 e. The lowest BCUT2D eigenvalue weighted by molar-refractivity contribution is -0.516. The third-order valence-electron chi connectivity index (χ3n) is 3.18. The van der Waals surface area contributed by atoms with Gasteiger partial charge in [-0.1, -0.05) is 18.2 Å². The summed E-state index contributed by atoms with van der Waals surface area (Å²) in [5.74, 6) is 0.0651. The number of aromatic amines is 1. The molecule has 0 bridgehead atoms. The van der Waals surface area contributed by atoms with E-state index in [1.54, 1.807) is 6.92 Å². The first kappa shape index (κ1) is 10.0. The van der Waals surface area contributed by atoms with Crippen LogP contribution in [0, 0.1) is 6.92 Å². The maximum absolute atomic E-state index is 11.5. The summed E-state index contributed by atoms with van der Waals surface area (Å²) in [4.78, 5) is 14.7. The molecule has 0 atom stereocenters. The zero-order valence-corrected chi connectivity index (χ0v) is 9.82. The molecule has 0 radical (unpaired) electrons. The number of hydrogen-bond acceptors (Lipinski definition) is 1. The first-order valence-electron chi connectivity index (χ1n) is 5.61. The van der Waals surface area contributed by atoms with E-state index in [1.807, 2.05) is 29.7 Å². The van der Waals surface area contributed by atoms with Crippen LogP contribution in [-0.2, 0) is 0 Å². The van der Waals surface area contributed by atoms with E-state index in [-0.39, 0.29) is 5.78 Å². The number of rotatable bonds is 1. The number of H-pyrrole nitrogens is 1. The zero-order valence-electron chi connectivity index (χ0n) is 9.82. The molecule has 1 N–H and O–H groups in total. The standard InChI is InChI=1S/C14H12N2O/c1-9-13(10(2)17)15-14-12-6-4-3-5-11(12)7-8-16(9)14/h3-8H,1-2H3/p+1. The monoisotopic (exact) mass is 225 g/mol. The number of aromatic nitrogens is 2. The molecule has 3 nitrogen and oxygen atoms in total. The van der Waals surface area contributed by atoms with E-state index in [0.717, 1.165) is 16.7 Å². The molecule has 1 aromatic carbocycles. The Hall–Kier alpha value is -2.16. The van der Waals surface area contributed by atoms with Crippen molar-refractivity contribution in [3.8, 4) is 0 Å². The Morgan fingerprint density at radius 3 is 2.76 bits per heavy atom. The molecule has 0 fully saturated rings. The van der Waals surface area contributed by atoms with Gasteiger partial charge in [-0.15, -0.1) is 0 Å². The fraction of sp³-hybridized carbons (Fsp3) is 0.143. The number of nitrogens with zero attached hydrogens (tertiary/aromatic N) is 1. The van der Waals surface area contributed by atoms with E-state index in [1.165, 1.54) is 5.39 Å². The summed E-state index contributed by atoms with van der Waals surface area (Å²) in [5, 5.41) is 2.30. The second-order valence-electron chi connectivity index (χ2n) is 4.26. The van der Waals surface area contributed by atoms with Crippen molar-refractivity contribution in [3.63, 3.8) is 0 Å². The van der Waals surface area contributed by atoms with Crippen molar-refractivity contribution in [1.82, 2.24) is 4.98 Å². The van der Waals surface area contributed by atoms with Gasteiger partial charge in [-0.3, -0.25) is 4.79 Å². The average Bonchev–Trinajstić information content (AvgIpc) is 2.67. The van der Waals surface area contributed by atoms with Gasteiger partial charge in [0.25, 0.3) is 5.65 Å². The van der Waals surface area contributed by atoms with Crippen LogP contribution >= 0.6 is 0 Å². The zero-order chi connectivity index (χ0) is 12.0. The molecule has 2 heterocycles. The highest BCUT2D eigenvalue weighted by Gasteiger charge is 2.20. The topological polar surface area (TPSA) is 37.0 Å². The first-order chi connectivity index (χ1) is 8.18. The van der Waals surface area contributed by atoms with Gasteiger partial charge in [0.15, 0.2) is 5.69 Å². The number of aryl methyl sites for hydroxylation is 1. The number of ketones is 1. The van der Waals surface area contributed by atoms with E-state index in [9.17, 15) is 4.79 Å². The fourth-order valence-electron chi connectivity index (χ4n) is 2.30. The Morgan fingerprint density at radius 2 is 2.00 bits per heavy atom. The normalized spacial score (nSPS) is 11.2. The van der Waals surface area contributed by atoms with E-state index in [2.05, 4.69) is 23.2 Å². The molecule has 3 heteroatoms. The number of carbonyl (C=O) groups excluding carboxylic acids is 1. The molecule has 0 saturated heterocycles. The number of nitrogens with one attached hydrogen (secondary N) is 1. The van der Waals surface area contributed by atoms with Crippen LogP contribution in [0.15, 0.2) is 36.5 Å². The van der Waals surface area contributed by atoms with Crippen LogP contribution in [0.3, 0.4) is 0 Å². The van der Waals surface area contributed by atoms with Crippen molar-refractivity contribution in [1.29, 1.82) is 0 Å². The number of hydrogen-bond donors (Lipinski definition) is 1. The van der Waals surface area contributed by atoms with Crippen LogP contribution in [0.25, 0.3) is 16.4 Å². The van der Waals surface area contributed by atoms with Gasteiger partial charge in [-0.2, -0.15) is 4.40 Å². The van der Waals surface area contributed by atoms with Gasteiger partial charge in [0.2, 0.25) is 11.5 Å². The van der Waals surface area contributed by atoms with Crippen molar-refractivity contribution in [2.45, 2.75) is 13.8 Å². The molecule has 0 aliphatic carbocycles. The SMILES string of the molecule is CC(=O)c1[nH]c2c3ccccc3cc[n+]2c1C. The summed E-state index contributed by atoms with van der Waals surface area (Å²) in [6, 6.07) is 10.2. The second-order valence-corrected chi connectivity index (χ2v) is 4.26. The van der Waals surface area contributed by atoms with E-state index < -0.39 is 0 Å². The molecule has 17 heavy (non-hydrogen) atoms. The minimum atomic E-state index is 0.0651. The molecule has 2 aromatic heterocycles. The Labute approximate surface area is 98.7 Å². The predicted octanol–water partition coefficient (Wildman–Crippen LogP) is 2.42. The number of fused-ring (bicyclic) bond motifs is 3. The van der Waals surface area contributed by atoms with Crippen LogP contribution in [-0.4, -0.2) is 10.8 Å². The highest BCUT2D eigenvalue weighted by molar-refractivity contribution is 5.96. The number of Topliss-reactive ketones (excluding diaryl/α,β-unsaturated/α-hetero) is 1. The number of carbonyl (C=O) groups is 1. The minimum Gasteiger partial charge on any atom is -0.290 e. The molecular formula is C14H13N2O+. The largest absolute Gasteiger partial charge is 0.292 e. The smallest absolute Gasteiger partial charge is 0.290 e. The summed E-state index contributed by atoms with van der Waals surface area (Å²) in [6.45, 7) is 3.54. The molecule has 0 aliphatic rings. The van der Waals surface area contributed by atoms with Gasteiger partial charge in [0, 0.05) is 13.8 Å². The van der Waals surface area contributed by atoms with Crippen LogP contribution in [0.1, 0.15) is 23.1 Å². The highest BCUT2D eigenvalue weighted by Crippen LogP contribution is 2.17. The van der Waals surface area contributed by atoms with Gasteiger partial charge >= 0.3 is 0 Å². The number of benzene rings is 1. The molecule has 3 aromatic rings. The second kappa shape index (κ2) is 3.42. The molecule has 0 unspecified atom stereocenters. The minimum absolute atomic E-state index is 0.0651. The lowest BCUT2D eigenvalue weighted by Gasteiger charge is -1.94. The molecule has 0 saturated carbocycles. The predicted molar refractivity (Wildman–Crippen MR) is 66.2 cm³/mol. The van der Waals surface area contributed by atoms with Crippen molar-refractivity contribution in [2.75, 3.05) is 0 Å². The van der Waals surface area contributed by atoms with E-state index in [4.69, 9.17) is 0 Å². The third kappa shape index (κ3) is 1.35. The van der Waals surface area contributed by atoms with Gasteiger partial charge < -0.3 is 0 Å². The Balaban J connectivity index is 2.51. The quantitative estimate of drug-likeness (QED) is 0.501. The van der Waals surface area contributed by atoms with Crippen LogP contribution in [0.4, 0.5) is 0 Å². The summed E-state index contributed by atoms with van der Waals surface area (Å²) < 4.78 is 2.03. The first-order valence-corrected chi connectivity index (χ1v) is 5.61. The fourth-order valence-corrected chi connectivity index (χ4v) is 2.30. The van der Waals surface area contributed by atoms with Gasteiger partial charge in [0.1, 0.15) is 0 Å². The lowest BCUT2D eigenvalue weighted by Crippen LogP contribution is -2.22. The molecule has 84 valence electrons. The van der Waals surface area contributed by atoms with Crippen LogP contribution in [0.2, 0.25) is 0 Å². The molecule has 3 rings (SSSR count). The summed E-state index contributed by atoms with van der Waals surface area (Å²) in [6.07, 6.45) is 2.00. The lowest BCUT2D eigenvalue weighted by atomic mass is 10.2. The van der Waals surface area contributed by atoms with Crippen molar-refractivity contribution in [3.05, 3.63) is 47.9 Å². The average molecular weight is 225 g/mol. The van der Waals surface area contributed by atoms with Crippen LogP contribution < -0.4 is 4.40 Å². The summed E-state index contributed by atoms with van der Waals surface area (Å²) >= 11 is 0. The van der Waals surface area contributed by atoms with Crippen molar-refractivity contribution in [2.24, 2.45) is 0 Å². The number of pyridine rings is 1. The van der Waals surface area contributed by atoms with Crippen molar-refractivity contribution < 1.29 is 9.20 Å². The summed E-state index contributed by atoms with van der Waals surface area (Å²) in [5.41, 5.74) is 2.62. The van der Waals surface area contributed by atoms with E-state index in [0.29, 0.717) is 5.69 Å². The Kier molecular flexibility index (Phi) is 2.01. The maximum atomic E-state index is 11.5. The molecule has 0 aliphatic heterocycles. The molecule has 0 spiro atoms. The van der Waals surface area contributed by atoms with Crippen LogP contribution in [0.5, 0.6) is 0 Å². The van der Waals surface area contributed by atoms with Gasteiger partial charge in [-0.25, -0.2) is 4.98 Å².